The third kappa shape index (κ3) is 3.18. The van der Waals surface area contributed by atoms with Gasteiger partial charge in [-0.15, -0.1) is 0 Å². The standard InChI is InChI=1S/C15H26N4/c1-18-14(4-9-17-18)7-12-19-10-5-13(6-11-19)15-3-2-8-16-15/h4,9,13,15-16H,2-3,5-8,10-12H2,1H3. The number of hydrogen-bond acceptors (Lipinski definition) is 3. The topological polar surface area (TPSA) is 33.1 Å². The minimum absolute atomic E-state index is 0.819. The average molecular weight is 262 g/mol. The molecule has 1 aromatic rings. The van der Waals surface area contributed by atoms with Gasteiger partial charge >= 0.3 is 0 Å². The van der Waals surface area contributed by atoms with Crippen LogP contribution in [0.4, 0.5) is 0 Å². The van der Waals surface area contributed by atoms with Crippen molar-refractivity contribution in [2.75, 3.05) is 26.2 Å². The molecule has 1 unspecified atom stereocenters. The summed E-state index contributed by atoms with van der Waals surface area (Å²) in [6.07, 6.45) is 8.56. The van der Waals surface area contributed by atoms with Crippen molar-refractivity contribution >= 4 is 0 Å². The molecule has 4 nitrogen and oxygen atoms in total. The van der Waals surface area contributed by atoms with E-state index in [2.05, 4.69) is 21.4 Å². The van der Waals surface area contributed by atoms with Crippen LogP contribution in [0.25, 0.3) is 0 Å². The first-order valence-corrected chi connectivity index (χ1v) is 7.75. The van der Waals surface area contributed by atoms with Crippen LogP contribution >= 0.6 is 0 Å². The summed E-state index contributed by atoms with van der Waals surface area (Å²) in [6.45, 7) is 4.98. The van der Waals surface area contributed by atoms with Crippen molar-refractivity contribution in [3.8, 4) is 0 Å². The van der Waals surface area contributed by atoms with Gasteiger partial charge in [0.15, 0.2) is 0 Å². The molecule has 2 saturated heterocycles. The van der Waals surface area contributed by atoms with Crippen LogP contribution in [0.15, 0.2) is 12.3 Å². The Morgan fingerprint density at radius 2 is 2.16 bits per heavy atom. The Hall–Kier alpha value is -0.870. The first-order chi connectivity index (χ1) is 9.33. The largest absolute Gasteiger partial charge is 0.314 e. The minimum atomic E-state index is 0.819. The fourth-order valence-corrected chi connectivity index (χ4v) is 3.61. The third-order valence-corrected chi connectivity index (χ3v) is 4.91. The van der Waals surface area contributed by atoms with E-state index in [9.17, 15) is 0 Å². The summed E-state index contributed by atoms with van der Waals surface area (Å²) in [4.78, 5) is 2.62. The van der Waals surface area contributed by atoms with Crippen molar-refractivity contribution in [2.45, 2.75) is 38.1 Å². The van der Waals surface area contributed by atoms with E-state index >= 15 is 0 Å². The highest BCUT2D eigenvalue weighted by molar-refractivity contribution is 5.00. The summed E-state index contributed by atoms with van der Waals surface area (Å²) in [5, 5.41) is 7.91. The maximum absolute atomic E-state index is 4.23. The SMILES string of the molecule is Cn1nccc1CCN1CCC(C2CCCN2)CC1. The van der Waals surface area contributed by atoms with Gasteiger partial charge in [0, 0.05) is 37.9 Å². The predicted octanol–water partition coefficient (Wildman–Crippen LogP) is 1.43. The van der Waals surface area contributed by atoms with E-state index in [1.165, 1.54) is 57.6 Å². The van der Waals surface area contributed by atoms with Gasteiger partial charge in [-0.25, -0.2) is 0 Å². The number of hydrogen-bond donors (Lipinski definition) is 1. The Kier molecular flexibility index (Phi) is 4.18. The van der Waals surface area contributed by atoms with Crippen molar-refractivity contribution in [2.24, 2.45) is 13.0 Å². The Balaban J connectivity index is 1.41. The van der Waals surface area contributed by atoms with Gasteiger partial charge in [0.1, 0.15) is 0 Å². The minimum Gasteiger partial charge on any atom is -0.314 e. The van der Waals surface area contributed by atoms with Crippen molar-refractivity contribution in [1.82, 2.24) is 20.0 Å². The van der Waals surface area contributed by atoms with Gasteiger partial charge < -0.3 is 10.2 Å². The third-order valence-electron chi connectivity index (χ3n) is 4.91. The summed E-state index contributed by atoms with van der Waals surface area (Å²) in [5.41, 5.74) is 1.35. The molecular weight excluding hydrogens is 236 g/mol. The van der Waals surface area contributed by atoms with Crippen molar-refractivity contribution < 1.29 is 0 Å². The smallest absolute Gasteiger partial charge is 0.0492 e. The fourth-order valence-electron chi connectivity index (χ4n) is 3.61. The molecule has 4 heteroatoms. The van der Waals surface area contributed by atoms with E-state index in [0.29, 0.717) is 0 Å². The number of likely N-dealkylation sites (tertiary alicyclic amines) is 1. The maximum atomic E-state index is 4.23. The lowest BCUT2D eigenvalue weighted by Gasteiger charge is -2.34. The van der Waals surface area contributed by atoms with Crippen LogP contribution in [0.3, 0.4) is 0 Å². The van der Waals surface area contributed by atoms with Crippen LogP contribution < -0.4 is 5.32 Å². The van der Waals surface area contributed by atoms with Gasteiger partial charge in [0.05, 0.1) is 0 Å². The number of rotatable bonds is 4. The number of nitrogens with one attached hydrogen (secondary N) is 1. The lowest BCUT2D eigenvalue weighted by molar-refractivity contribution is 0.164. The summed E-state index contributed by atoms with van der Waals surface area (Å²) in [6, 6.07) is 2.95. The first kappa shape index (κ1) is 13.1. The normalized spacial score (nSPS) is 26.1. The van der Waals surface area contributed by atoms with Gasteiger partial charge in [-0.05, 0) is 57.3 Å². The van der Waals surface area contributed by atoms with E-state index in [1.807, 2.05) is 17.9 Å². The Morgan fingerprint density at radius 1 is 1.32 bits per heavy atom. The Morgan fingerprint density at radius 3 is 2.79 bits per heavy atom. The lowest BCUT2D eigenvalue weighted by atomic mass is 9.88. The second kappa shape index (κ2) is 6.06. The zero-order valence-electron chi connectivity index (χ0n) is 12.0. The monoisotopic (exact) mass is 262 g/mol. The Labute approximate surface area is 116 Å². The van der Waals surface area contributed by atoms with E-state index in [0.717, 1.165) is 18.4 Å². The van der Waals surface area contributed by atoms with Crippen LogP contribution in [0.1, 0.15) is 31.4 Å². The molecule has 0 aliphatic carbocycles. The molecule has 2 fully saturated rings. The molecule has 2 aliphatic rings. The molecule has 3 heterocycles. The van der Waals surface area contributed by atoms with Crippen molar-refractivity contribution in [3.63, 3.8) is 0 Å². The molecule has 2 aliphatic heterocycles. The number of nitrogens with zero attached hydrogens (tertiary/aromatic N) is 3. The number of piperidine rings is 1. The zero-order valence-corrected chi connectivity index (χ0v) is 12.0. The molecule has 1 atom stereocenters. The summed E-state index contributed by atoms with van der Waals surface area (Å²) >= 11 is 0. The second-order valence-electron chi connectivity index (χ2n) is 6.08. The highest BCUT2D eigenvalue weighted by Gasteiger charge is 2.28. The van der Waals surface area contributed by atoms with Crippen LogP contribution in [0, 0.1) is 5.92 Å². The highest BCUT2D eigenvalue weighted by atomic mass is 15.3. The van der Waals surface area contributed by atoms with E-state index in [1.54, 1.807) is 0 Å². The number of aromatic nitrogens is 2. The van der Waals surface area contributed by atoms with Gasteiger partial charge in [-0.2, -0.15) is 5.10 Å². The fraction of sp³-hybridized carbons (Fsp3) is 0.800. The van der Waals surface area contributed by atoms with Crippen LogP contribution in [0.2, 0.25) is 0 Å². The highest BCUT2D eigenvalue weighted by Crippen LogP contribution is 2.25. The molecule has 0 spiro atoms. The van der Waals surface area contributed by atoms with Gasteiger partial charge in [-0.3, -0.25) is 4.68 Å². The van der Waals surface area contributed by atoms with Crippen molar-refractivity contribution in [3.05, 3.63) is 18.0 Å². The quantitative estimate of drug-likeness (QED) is 0.891. The molecule has 19 heavy (non-hydrogen) atoms. The first-order valence-electron chi connectivity index (χ1n) is 7.75. The second-order valence-corrected chi connectivity index (χ2v) is 6.08. The molecule has 0 bridgehead atoms. The molecule has 1 N–H and O–H groups in total. The van der Waals surface area contributed by atoms with Crippen LogP contribution in [-0.2, 0) is 13.5 Å². The van der Waals surface area contributed by atoms with E-state index in [4.69, 9.17) is 0 Å². The molecular formula is C15H26N4. The molecule has 106 valence electrons. The maximum Gasteiger partial charge on any atom is 0.0492 e. The molecule has 3 rings (SSSR count). The van der Waals surface area contributed by atoms with Crippen LogP contribution in [0.5, 0.6) is 0 Å². The van der Waals surface area contributed by atoms with Gasteiger partial charge in [-0.1, -0.05) is 0 Å². The summed E-state index contributed by atoms with van der Waals surface area (Å²) in [5.74, 6) is 0.926. The van der Waals surface area contributed by atoms with Gasteiger partial charge in [0.2, 0.25) is 0 Å². The zero-order chi connectivity index (χ0) is 13.1. The molecule has 1 aromatic heterocycles. The average Bonchev–Trinajstić information content (AvgIpc) is 3.09. The summed E-state index contributed by atoms with van der Waals surface area (Å²) < 4.78 is 2.00. The van der Waals surface area contributed by atoms with Crippen molar-refractivity contribution in [1.29, 1.82) is 0 Å². The Bertz CT molecular complexity index is 387. The van der Waals surface area contributed by atoms with E-state index < -0.39 is 0 Å². The molecule has 0 amide bonds. The van der Waals surface area contributed by atoms with Crippen LogP contribution in [-0.4, -0.2) is 46.9 Å². The molecule has 0 saturated carbocycles. The van der Waals surface area contributed by atoms with E-state index in [-0.39, 0.29) is 0 Å². The predicted molar refractivity (Wildman–Crippen MR) is 77.1 cm³/mol. The molecule has 0 radical (unpaired) electrons. The lowest BCUT2D eigenvalue weighted by Crippen LogP contribution is -2.41. The summed E-state index contributed by atoms with van der Waals surface area (Å²) in [7, 11) is 2.04. The molecule has 0 aromatic carbocycles. The van der Waals surface area contributed by atoms with Gasteiger partial charge in [0.25, 0.3) is 0 Å². The number of aryl methyl sites for hydroxylation is 1.